The normalized spacial score (nSPS) is 18.1. The third-order valence-electron chi connectivity index (χ3n) is 3.10. The van der Waals surface area contributed by atoms with Crippen LogP contribution in [0.4, 0.5) is 13.2 Å². The van der Waals surface area contributed by atoms with Gasteiger partial charge in [-0.15, -0.1) is 0 Å². The van der Waals surface area contributed by atoms with E-state index in [-0.39, 0.29) is 19.0 Å². The Morgan fingerprint density at radius 1 is 1.25 bits per heavy atom. The number of nitrogens with zero attached hydrogens (tertiary/aromatic N) is 2. The molecule has 0 bridgehead atoms. The molecular formula is C12H22F3N3O2. The van der Waals surface area contributed by atoms with E-state index in [1.165, 1.54) is 4.90 Å². The molecule has 0 unspecified atom stereocenters. The Morgan fingerprint density at radius 2 is 2.00 bits per heavy atom. The first-order valence-electron chi connectivity index (χ1n) is 6.69. The second-order valence-electron chi connectivity index (χ2n) is 4.80. The van der Waals surface area contributed by atoms with Crippen molar-refractivity contribution in [1.82, 2.24) is 15.1 Å². The van der Waals surface area contributed by atoms with Gasteiger partial charge in [0.05, 0.1) is 19.7 Å². The summed E-state index contributed by atoms with van der Waals surface area (Å²) in [4.78, 5) is 14.9. The third kappa shape index (κ3) is 7.06. The zero-order chi connectivity index (χ0) is 15.0. The molecule has 1 heterocycles. The second kappa shape index (κ2) is 8.43. The first kappa shape index (κ1) is 17.2. The third-order valence-corrected chi connectivity index (χ3v) is 3.10. The first-order chi connectivity index (χ1) is 9.42. The minimum atomic E-state index is -4.18. The van der Waals surface area contributed by atoms with E-state index in [0.717, 1.165) is 0 Å². The fourth-order valence-electron chi connectivity index (χ4n) is 2.11. The van der Waals surface area contributed by atoms with E-state index in [4.69, 9.17) is 4.74 Å². The quantitative estimate of drug-likeness (QED) is 0.717. The smallest absolute Gasteiger partial charge is 0.383 e. The van der Waals surface area contributed by atoms with Crippen molar-refractivity contribution in [3.63, 3.8) is 0 Å². The van der Waals surface area contributed by atoms with Crippen LogP contribution in [0.15, 0.2) is 0 Å². The zero-order valence-corrected chi connectivity index (χ0v) is 11.7. The second-order valence-corrected chi connectivity index (χ2v) is 4.80. The van der Waals surface area contributed by atoms with Crippen molar-refractivity contribution >= 4 is 5.91 Å². The number of hydrogen-bond acceptors (Lipinski definition) is 4. The highest BCUT2D eigenvalue weighted by atomic mass is 19.4. The lowest BCUT2D eigenvalue weighted by Gasteiger charge is -2.22. The van der Waals surface area contributed by atoms with E-state index in [0.29, 0.717) is 39.2 Å². The lowest BCUT2D eigenvalue weighted by Crippen LogP contribution is -2.42. The van der Waals surface area contributed by atoms with E-state index >= 15 is 0 Å². The molecule has 5 nitrogen and oxygen atoms in total. The van der Waals surface area contributed by atoms with Gasteiger partial charge in [0, 0.05) is 39.8 Å². The minimum absolute atomic E-state index is 0.0741. The summed E-state index contributed by atoms with van der Waals surface area (Å²) in [7, 11) is 1.58. The van der Waals surface area contributed by atoms with E-state index in [9.17, 15) is 18.0 Å². The number of carbonyl (C=O) groups is 1. The number of halogens is 3. The molecule has 0 aromatic carbocycles. The fourth-order valence-corrected chi connectivity index (χ4v) is 2.11. The SMILES string of the molecule is COCCNCC(=O)N1CCCN(CC(F)(F)F)CC1. The van der Waals surface area contributed by atoms with Crippen LogP contribution in [0, 0.1) is 0 Å². The number of alkyl halides is 3. The fraction of sp³-hybridized carbons (Fsp3) is 0.917. The number of carbonyl (C=O) groups excluding carboxylic acids is 1. The summed E-state index contributed by atoms with van der Waals surface area (Å²) in [6, 6.07) is 0. The van der Waals surface area contributed by atoms with Gasteiger partial charge in [0.25, 0.3) is 0 Å². The maximum atomic E-state index is 12.3. The first-order valence-corrected chi connectivity index (χ1v) is 6.69. The van der Waals surface area contributed by atoms with Gasteiger partial charge in [-0.3, -0.25) is 9.69 Å². The number of methoxy groups -OCH3 is 1. The number of ether oxygens (including phenoxy) is 1. The van der Waals surface area contributed by atoms with E-state index in [2.05, 4.69) is 5.32 Å². The van der Waals surface area contributed by atoms with Gasteiger partial charge >= 0.3 is 6.18 Å². The predicted molar refractivity (Wildman–Crippen MR) is 68.4 cm³/mol. The summed E-state index contributed by atoms with van der Waals surface area (Å²) in [5.41, 5.74) is 0. The Hall–Kier alpha value is -0.860. The molecule has 1 aliphatic heterocycles. The molecule has 0 spiro atoms. The molecule has 118 valence electrons. The van der Waals surface area contributed by atoms with Crippen molar-refractivity contribution in [2.75, 3.05) is 59.5 Å². The molecule has 8 heteroatoms. The lowest BCUT2D eigenvalue weighted by atomic mass is 10.3. The molecule has 1 aliphatic rings. The zero-order valence-electron chi connectivity index (χ0n) is 11.7. The van der Waals surface area contributed by atoms with E-state index < -0.39 is 12.7 Å². The molecule has 0 atom stereocenters. The maximum absolute atomic E-state index is 12.3. The van der Waals surface area contributed by atoms with Gasteiger partial charge < -0.3 is 15.0 Å². The van der Waals surface area contributed by atoms with Crippen molar-refractivity contribution in [3.8, 4) is 0 Å². The molecular weight excluding hydrogens is 275 g/mol. The summed E-state index contributed by atoms with van der Waals surface area (Å²) >= 11 is 0. The summed E-state index contributed by atoms with van der Waals surface area (Å²) < 4.78 is 41.8. The van der Waals surface area contributed by atoms with Gasteiger partial charge in [-0.25, -0.2) is 0 Å². The molecule has 0 aliphatic carbocycles. The van der Waals surface area contributed by atoms with Crippen LogP contribution in [0.25, 0.3) is 0 Å². The molecule has 1 N–H and O–H groups in total. The van der Waals surface area contributed by atoms with Crippen LogP contribution in [0.2, 0.25) is 0 Å². The van der Waals surface area contributed by atoms with Crippen LogP contribution in [-0.2, 0) is 9.53 Å². The topological polar surface area (TPSA) is 44.8 Å². The van der Waals surface area contributed by atoms with Gasteiger partial charge in [-0.05, 0) is 6.42 Å². The summed E-state index contributed by atoms with van der Waals surface area (Å²) in [6.07, 6.45) is -3.61. The van der Waals surface area contributed by atoms with Crippen molar-refractivity contribution in [1.29, 1.82) is 0 Å². The van der Waals surface area contributed by atoms with Crippen LogP contribution in [-0.4, -0.2) is 81.4 Å². The number of rotatable bonds is 6. The standard InChI is InChI=1S/C12H22F3N3O2/c1-20-8-3-16-9-11(19)18-5-2-4-17(6-7-18)10-12(13,14)15/h16H,2-10H2,1H3. The lowest BCUT2D eigenvalue weighted by molar-refractivity contribution is -0.145. The Balaban J connectivity index is 2.30. The average Bonchev–Trinajstić information content (AvgIpc) is 2.58. The van der Waals surface area contributed by atoms with Gasteiger partial charge in [-0.1, -0.05) is 0 Å². The van der Waals surface area contributed by atoms with Crippen LogP contribution < -0.4 is 5.32 Å². The molecule has 0 saturated carbocycles. The number of hydrogen-bond donors (Lipinski definition) is 1. The summed E-state index contributed by atoms with van der Waals surface area (Å²) in [5.74, 6) is -0.0741. The molecule has 0 radical (unpaired) electrons. The van der Waals surface area contributed by atoms with Crippen molar-refractivity contribution in [3.05, 3.63) is 0 Å². The van der Waals surface area contributed by atoms with E-state index in [1.807, 2.05) is 0 Å². The van der Waals surface area contributed by atoms with Gasteiger partial charge in [0.1, 0.15) is 0 Å². The van der Waals surface area contributed by atoms with Crippen LogP contribution in [0.5, 0.6) is 0 Å². The summed E-state index contributed by atoms with van der Waals surface area (Å²) in [6.45, 7) is 1.90. The monoisotopic (exact) mass is 297 g/mol. The van der Waals surface area contributed by atoms with E-state index in [1.54, 1.807) is 12.0 Å². The Morgan fingerprint density at radius 3 is 2.65 bits per heavy atom. The largest absolute Gasteiger partial charge is 0.401 e. The molecule has 1 fully saturated rings. The van der Waals surface area contributed by atoms with Crippen molar-refractivity contribution in [2.24, 2.45) is 0 Å². The Bertz CT molecular complexity index is 300. The molecule has 20 heavy (non-hydrogen) atoms. The maximum Gasteiger partial charge on any atom is 0.401 e. The average molecular weight is 297 g/mol. The number of nitrogens with one attached hydrogen (secondary N) is 1. The van der Waals surface area contributed by atoms with Crippen molar-refractivity contribution in [2.45, 2.75) is 12.6 Å². The molecule has 1 rings (SSSR count). The summed E-state index contributed by atoms with van der Waals surface area (Å²) in [5, 5.41) is 2.94. The number of amides is 1. The molecule has 1 saturated heterocycles. The molecule has 0 aromatic heterocycles. The minimum Gasteiger partial charge on any atom is -0.383 e. The van der Waals surface area contributed by atoms with Crippen LogP contribution >= 0.6 is 0 Å². The highest BCUT2D eigenvalue weighted by Crippen LogP contribution is 2.17. The van der Waals surface area contributed by atoms with Gasteiger partial charge in [0.15, 0.2) is 0 Å². The highest BCUT2D eigenvalue weighted by molar-refractivity contribution is 5.78. The Labute approximate surface area is 117 Å². The Kier molecular flexibility index (Phi) is 7.25. The van der Waals surface area contributed by atoms with Gasteiger partial charge in [-0.2, -0.15) is 13.2 Å². The molecule has 0 aromatic rings. The predicted octanol–water partition coefficient (Wildman–Crippen LogP) is 0.319. The van der Waals surface area contributed by atoms with Crippen LogP contribution in [0.1, 0.15) is 6.42 Å². The van der Waals surface area contributed by atoms with Gasteiger partial charge in [0.2, 0.25) is 5.91 Å². The van der Waals surface area contributed by atoms with Crippen molar-refractivity contribution < 1.29 is 22.7 Å². The van der Waals surface area contributed by atoms with Crippen LogP contribution in [0.3, 0.4) is 0 Å². The highest BCUT2D eigenvalue weighted by Gasteiger charge is 2.31. The molecule has 1 amide bonds.